The van der Waals surface area contributed by atoms with E-state index in [1.807, 2.05) is 25.4 Å². The summed E-state index contributed by atoms with van der Waals surface area (Å²) in [5.41, 5.74) is 2.03. The molecule has 0 aliphatic heterocycles. The first kappa shape index (κ1) is 16.8. The molecule has 1 aromatic heterocycles. The van der Waals surface area contributed by atoms with Crippen molar-refractivity contribution >= 4 is 17.5 Å². The molecular formula is C17H21ClN4O2. The zero-order valence-corrected chi connectivity index (χ0v) is 14.6. The number of nitrogens with zero attached hydrogens (tertiary/aromatic N) is 4. The number of carbonyl (C=O) groups is 1. The van der Waals surface area contributed by atoms with Crippen molar-refractivity contribution in [3.8, 4) is 5.75 Å². The van der Waals surface area contributed by atoms with Crippen molar-refractivity contribution in [3.63, 3.8) is 0 Å². The van der Waals surface area contributed by atoms with E-state index in [0.29, 0.717) is 24.9 Å². The first-order valence-electron chi connectivity index (χ1n) is 7.93. The van der Waals surface area contributed by atoms with E-state index in [-0.39, 0.29) is 11.8 Å². The van der Waals surface area contributed by atoms with Crippen LogP contribution in [-0.4, -0.2) is 45.3 Å². The molecule has 0 spiro atoms. The van der Waals surface area contributed by atoms with E-state index in [0.717, 1.165) is 17.9 Å². The predicted octanol–water partition coefficient (Wildman–Crippen LogP) is 2.19. The molecule has 0 unspecified atom stereocenters. The van der Waals surface area contributed by atoms with Crippen LogP contribution >= 0.6 is 11.6 Å². The molecule has 1 aliphatic carbocycles. The average Bonchev–Trinajstić information content (AvgIpc) is 3.26. The van der Waals surface area contributed by atoms with Crippen LogP contribution in [0.3, 0.4) is 0 Å². The molecule has 2 atom stereocenters. The van der Waals surface area contributed by atoms with Gasteiger partial charge in [0.1, 0.15) is 17.3 Å². The molecule has 128 valence electrons. The van der Waals surface area contributed by atoms with E-state index in [9.17, 15) is 4.79 Å². The van der Waals surface area contributed by atoms with Crippen LogP contribution < -0.4 is 4.74 Å². The lowest BCUT2D eigenvalue weighted by Gasteiger charge is -2.20. The first-order chi connectivity index (χ1) is 11.6. The number of amides is 1. The Hall–Kier alpha value is -2.08. The van der Waals surface area contributed by atoms with E-state index in [2.05, 4.69) is 22.4 Å². The third-order valence-electron chi connectivity index (χ3n) is 4.37. The molecule has 1 aliphatic rings. The second-order valence-corrected chi connectivity index (χ2v) is 6.44. The molecule has 0 radical (unpaired) electrons. The quantitative estimate of drug-likeness (QED) is 0.720. The third-order valence-corrected chi connectivity index (χ3v) is 4.60. The van der Waals surface area contributed by atoms with Crippen molar-refractivity contribution in [1.82, 2.24) is 19.9 Å². The topological polar surface area (TPSA) is 60.2 Å². The molecule has 1 fully saturated rings. The van der Waals surface area contributed by atoms with Crippen LogP contribution in [0.1, 0.15) is 23.6 Å². The Kier molecular flexibility index (Phi) is 5.04. The molecule has 1 aromatic carbocycles. The Morgan fingerprint density at radius 1 is 1.50 bits per heavy atom. The standard InChI is InChI=1S/C17H21ClN4O2/c1-21-10-14(19-20-21)11-22(17(23)8-18)9-13-7-16(13)12-4-3-5-15(6-12)24-2/h3-6,10,13,16H,7-9,11H2,1-2H3/t13-,16-/m0/s1. The van der Waals surface area contributed by atoms with Crippen molar-refractivity contribution in [2.75, 3.05) is 19.5 Å². The minimum atomic E-state index is -0.0707. The molecule has 6 nitrogen and oxygen atoms in total. The number of alkyl halides is 1. The minimum Gasteiger partial charge on any atom is -0.497 e. The van der Waals surface area contributed by atoms with Gasteiger partial charge in [0.05, 0.1) is 13.7 Å². The number of hydrogen-bond donors (Lipinski definition) is 0. The van der Waals surface area contributed by atoms with Crippen LogP contribution in [0.2, 0.25) is 0 Å². The smallest absolute Gasteiger partial charge is 0.237 e. The van der Waals surface area contributed by atoms with Gasteiger partial charge in [-0.05, 0) is 36.0 Å². The summed E-state index contributed by atoms with van der Waals surface area (Å²) in [6.07, 6.45) is 2.89. The Labute approximate surface area is 146 Å². The van der Waals surface area contributed by atoms with Gasteiger partial charge in [-0.15, -0.1) is 16.7 Å². The van der Waals surface area contributed by atoms with Crippen molar-refractivity contribution < 1.29 is 9.53 Å². The maximum atomic E-state index is 12.1. The van der Waals surface area contributed by atoms with Crippen molar-refractivity contribution in [3.05, 3.63) is 41.7 Å². The molecule has 3 rings (SSSR count). The largest absolute Gasteiger partial charge is 0.497 e. The fraction of sp³-hybridized carbons (Fsp3) is 0.471. The van der Waals surface area contributed by atoms with Crippen LogP contribution in [0, 0.1) is 5.92 Å². The number of halogens is 1. The van der Waals surface area contributed by atoms with Gasteiger partial charge in [0.2, 0.25) is 5.91 Å². The average molecular weight is 349 g/mol. The van der Waals surface area contributed by atoms with E-state index in [4.69, 9.17) is 16.3 Å². The Morgan fingerprint density at radius 2 is 2.33 bits per heavy atom. The van der Waals surface area contributed by atoms with Gasteiger partial charge in [-0.3, -0.25) is 9.48 Å². The summed E-state index contributed by atoms with van der Waals surface area (Å²) in [6.45, 7) is 1.13. The molecule has 1 amide bonds. The number of aromatic nitrogens is 3. The fourth-order valence-electron chi connectivity index (χ4n) is 3.02. The lowest BCUT2D eigenvalue weighted by molar-refractivity contribution is -0.129. The molecule has 1 heterocycles. The van der Waals surface area contributed by atoms with Gasteiger partial charge in [-0.2, -0.15) is 0 Å². The van der Waals surface area contributed by atoms with Gasteiger partial charge in [0.25, 0.3) is 0 Å². The molecule has 0 N–H and O–H groups in total. The summed E-state index contributed by atoms with van der Waals surface area (Å²) in [5.74, 6) is 1.69. The maximum Gasteiger partial charge on any atom is 0.237 e. The van der Waals surface area contributed by atoms with Crippen LogP contribution in [0.25, 0.3) is 0 Å². The van der Waals surface area contributed by atoms with Crippen molar-refractivity contribution in [2.45, 2.75) is 18.9 Å². The number of ether oxygens (including phenoxy) is 1. The van der Waals surface area contributed by atoms with Gasteiger partial charge in [0.15, 0.2) is 0 Å². The number of carbonyl (C=O) groups excluding carboxylic acids is 1. The van der Waals surface area contributed by atoms with Crippen LogP contribution in [0.4, 0.5) is 0 Å². The predicted molar refractivity (Wildman–Crippen MR) is 91.0 cm³/mol. The summed E-state index contributed by atoms with van der Waals surface area (Å²) < 4.78 is 6.92. The number of benzene rings is 1. The SMILES string of the molecule is COc1cccc([C@@H]2C[C@H]2CN(Cc2cn(C)nn2)C(=O)CCl)c1. The number of methoxy groups -OCH3 is 1. The Morgan fingerprint density at radius 3 is 3.00 bits per heavy atom. The molecule has 0 saturated heterocycles. The highest BCUT2D eigenvalue weighted by Gasteiger charge is 2.40. The lowest BCUT2D eigenvalue weighted by Crippen LogP contribution is -2.33. The second-order valence-electron chi connectivity index (χ2n) is 6.17. The van der Waals surface area contributed by atoms with E-state index in [1.165, 1.54) is 5.56 Å². The van der Waals surface area contributed by atoms with E-state index >= 15 is 0 Å². The highest BCUT2D eigenvalue weighted by molar-refractivity contribution is 6.27. The number of rotatable bonds is 7. The molecule has 24 heavy (non-hydrogen) atoms. The second kappa shape index (κ2) is 7.21. The maximum absolute atomic E-state index is 12.1. The summed E-state index contributed by atoms with van der Waals surface area (Å²) in [4.78, 5) is 13.9. The summed E-state index contributed by atoms with van der Waals surface area (Å²) in [6, 6.07) is 8.13. The van der Waals surface area contributed by atoms with Crippen molar-refractivity contribution in [1.29, 1.82) is 0 Å². The van der Waals surface area contributed by atoms with Gasteiger partial charge in [0, 0.05) is 19.8 Å². The Bertz CT molecular complexity index is 718. The highest BCUT2D eigenvalue weighted by atomic mass is 35.5. The van der Waals surface area contributed by atoms with Crippen LogP contribution in [-0.2, 0) is 18.4 Å². The molecule has 1 saturated carbocycles. The number of aryl methyl sites for hydroxylation is 1. The summed E-state index contributed by atoms with van der Waals surface area (Å²) >= 11 is 5.77. The fourth-order valence-corrected chi connectivity index (χ4v) is 3.18. The lowest BCUT2D eigenvalue weighted by atomic mass is 10.1. The summed E-state index contributed by atoms with van der Waals surface area (Å²) in [7, 11) is 3.48. The van der Waals surface area contributed by atoms with Gasteiger partial charge in [-0.25, -0.2) is 0 Å². The van der Waals surface area contributed by atoms with E-state index < -0.39 is 0 Å². The van der Waals surface area contributed by atoms with Crippen LogP contribution in [0.5, 0.6) is 5.75 Å². The summed E-state index contributed by atoms with van der Waals surface area (Å²) in [5, 5.41) is 7.97. The molecule has 2 aromatic rings. The zero-order valence-electron chi connectivity index (χ0n) is 13.9. The van der Waals surface area contributed by atoms with Crippen LogP contribution in [0.15, 0.2) is 30.5 Å². The number of hydrogen-bond acceptors (Lipinski definition) is 4. The van der Waals surface area contributed by atoms with Crippen molar-refractivity contribution in [2.24, 2.45) is 13.0 Å². The normalized spacial score (nSPS) is 19.1. The molecule has 7 heteroatoms. The minimum absolute atomic E-state index is 0.0171. The van der Waals surface area contributed by atoms with Gasteiger partial charge < -0.3 is 9.64 Å². The third kappa shape index (κ3) is 3.87. The van der Waals surface area contributed by atoms with Gasteiger partial charge in [-0.1, -0.05) is 17.3 Å². The zero-order chi connectivity index (χ0) is 17.1. The highest BCUT2D eigenvalue weighted by Crippen LogP contribution is 2.48. The van der Waals surface area contributed by atoms with E-state index in [1.54, 1.807) is 16.7 Å². The monoisotopic (exact) mass is 348 g/mol. The molecular weight excluding hydrogens is 328 g/mol. The molecule has 0 bridgehead atoms. The Balaban J connectivity index is 1.64. The first-order valence-corrected chi connectivity index (χ1v) is 8.47. The van der Waals surface area contributed by atoms with Gasteiger partial charge >= 0.3 is 0 Å².